The van der Waals surface area contributed by atoms with Gasteiger partial charge in [-0.3, -0.25) is 4.79 Å². The fourth-order valence-electron chi connectivity index (χ4n) is 2.91. The summed E-state index contributed by atoms with van der Waals surface area (Å²) in [5, 5.41) is 13.1. The van der Waals surface area contributed by atoms with Crippen LogP contribution in [0.3, 0.4) is 0 Å². The highest BCUT2D eigenvalue weighted by Gasteiger charge is 2.20. The number of carbonyl (C=O) groups is 2. The number of aryl methyl sites for hydroxylation is 1. The number of fused-ring (bicyclic) bond motifs is 1. The first-order valence-corrected chi connectivity index (χ1v) is 9.84. The van der Waals surface area contributed by atoms with Gasteiger partial charge in [-0.15, -0.1) is 11.3 Å². The molecule has 0 saturated carbocycles. The summed E-state index contributed by atoms with van der Waals surface area (Å²) >= 11 is 1.68. The average Bonchev–Trinajstić information content (AvgIpc) is 3.08. The van der Waals surface area contributed by atoms with Crippen LogP contribution < -0.4 is 5.32 Å². The Morgan fingerprint density at radius 3 is 2.52 bits per heavy atom. The van der Waals surface area contributed by atoms with E-state index in [0.29, 0.717) is 12.8 Å². The molecule has 0 unspecified atom stereocenters. The second-order valence-electron chi connectivity index (χ2n) is 6.43. The molecule has 0 bridgehead atoms. The van der Waals surface area contributed by atoms with Crippen LogP contribution in [0.1, 0.15) is 29.8 Å². The Morgan fingerprint density at radius 1 is 1.04 bits per heavy atom. The van der Waals surface area contributed by atoms with Gasteiger partial charge in [-0.25, -0.2) is 9.78 Å². The molecular weight excluding hydrogens is 360 g/mol. The summed E-state index contributed by atoms with van der Waals surface area (Å²) in [4.78, 5) is 28.1. The highest BCUT2D eigenvalue weighted by Crippen LogP contribution is 2.22. The van der Waals surface area contributed by atoms with Crippen molar-refractivity contribution >= 4 is 33.4 Å². The lowest BCUT2D eigenvalue weighted by molar-refractivity contribution is -0.141. The van der Waals surface area contributed by atoms with Crippen molar-refractivity contribution in [2.45, 2.75) is 38.1 Å². The zero-order valence-corrected chi connectivity index (χ0v) is 15.7. The smallest absolute Gasteiger partial charge is 0.326 e. The number of hydrogen-bond donors (Lipinski definition) is 2. The Bertz CT molecular complexity index is 875. The molecule has 2 aromatic carbocycles. The largest absolute Gasteiger partial charge is 0.480 e. The molecule has 27 heavy (non-hydrogen) atoms. The van der Waals surface area contributed by atoms with E-state index in [0.717, 1.165) is 28.9 Å². The van der Waals surface area contributed by atoms with Crippen molar-refractivity contribution in [3.8, 4) is 0 Å². The fraction of sp³-hybridized carbons (Fsp3) is 0.286. The Morgan fingerprint density at radius 2 is 1.78 bits per heavy atom. The molecule has 2 N–H and O–H groups in total. The molecule has 5 nitrogen and oxygen atoms in total. The molecule has 140 valence electrons. The first-order valence-electron chi connectivity index (χ1n) is 9.02. The quantitative estimate of drug-likeness (QED) is 0.552. The van der Waals surface area contributed by atoms with Crippen LogP contribution in [0.4, 0.5) is 0 Å². The maximum Gasteiger partial charge on any atom is 0.326 e. The average molecular weight is 382 g/mol. The summed E-state index contributed by atoms with van der Waals surface area (Å²) < 4.78 is 1.18. The molecule has 0 aliphatic carbocycles. The van der Waals surface area contributed by atoms with Gasteiger partial charge in [-0.05, 0) is 37.0 Å². The number of amides is 1. The van der Waals surface area contributed by atoms with Gasteiger partial charge < -0.3 is 10.4 Å². The van der Waals surface area contributed by atoms with Gasteiger partial charge in [0.2, 0.25) is 5.91 Å². The number of unbranched alkanes of at least 4 members (excludes halogenated alkanes) is 1. The number of para-hydroxylation sites is 1. The predicted octanol–water partition coefficient (Wildman–Crippen LogP) is 3.82. The number of thiazole rings is 1. The molecule has 0 aliphatic rings. The van der Waals surface area contributed by atoms with E-state index in [1.807, 2.05) is 48.5 Å². The third kappa shape index (κ3) is 5.62. The van der Waals surface area contributed by atoms with Crippen molar-refractivity contribution < 1.29 is 14.7 Å². The first-order chi connectivity index (χ1) is 13.1. The summed E-state index contributed by atoms with van der Waals surface area (Å²) in [6, 6.07) is 16.5. The summed E-state index contributed by atoms with van der Waals surface area (Å²) in [7, 11) is 0. The molecule has 3 aromatic rings. The molecule has 1 aromatic heterocycles. The number of nitrogens with one attached hydrogen (secondary N) is 1. The van der Waals surface area contributed by atoms with E-state index in [2.05, 4.69) is 16.4 Å². The minimum atomic E-state index is -1.01. The van der Waals surface area contributed by atoms with Crippen LogP contribution in [-0.2, 0) is 22.4 Å². The standard InChI is InChI=1S/C21H22N2O3S/c24-19(22-17(21(25)26)14-15-8-2-1-3-9-15)12-6-7-13-20-23-16-10-4-5-11-18(16)27-20/h1-5,8-11,17H,6-7,12-14H2,(H,22,24)(H,25,26)/t17-/m0/s1. The molecule has 1 amide bonds. The van der Waals surface area contributed by atoms with Gasteiger partial charge in [-0.2, -0.15) is 0 Å². The molecule has 6 heteroatoms. The monoisotopic (exact) mass is 382 g/mol. The second-order valence-corrected chi connectivity index (χ2v) is 7.55. The number of nitrogens with zero attached hydrogens (tertiary/aromatic N) is 1. The van der Waals surface area contributed by atoms with E-state index < -0.39 is 12.0 Å². The lowest BCUT2D eigenvalue weighted by Gasteiger charge is -2.14. The Labute approximate surface area is 162 Å². The summed E-state index contributed by atoms with van der Waals surface area (Å²) in [5.74, 6) is -1.23. The van der Waals surface area contributed by atoms with Crippen molar-refractivity contribution in [2.24, 2.45) is 0 Å². The number of carboxylic acid groups (broad SMARTS) is 1. The first kappa shape index (κ1) is 19.0. The zero-order chi connectivity index (χ0) is 19.1. The van der Waals surface area contributed by atoms with Crippen molar-refractivity contribution in [2.75, 3.05) is 0 Å². The lowest BCUT2D eigenvalue weighted by atomic mass is 10.1. The van der Waals surface area contributed by atoms with Gasteiger partial charge in [0.25, 0.3) is 0 Å². The number of benzene rings is 2. The van der Waals surface area contributed by atoms with Gasteiger partial charge in [-0.1, -0.05) is 42.5 Å². The lowest BCUT2D eigenvalue weighted by Crippen LogP contribution is -2.42. The third-order valence-corrected chi connectivity index (χ3v) is 5.39. The van der Waals surface area contributed by atoms with Crippen LogP contribution in [-0.4, -0.2) is 28.0 Å². The highest BCUT2D eigenvalue weighted by atomic mass is 32.1. The molecular formula is C21H22N2O3S. The number of carbonyl (C=O) groups excluding carboxylic acids is 1. The molecule has 0 fully saturated rings. The summed E-state index contributed by atoms with van der Waals surface area (Å²) in [6.07, 6.45) is 3.00. The molecule has 3 rings (SSSR count). The highest BCUT2D eigenvalue weighted by molar-refractivity contribution is 7.18. The molecule has 1 heterocycles. The van der Waals surface area contributed by atoms with Gasteiger partial charge in [0.15, 0.2) is 0 Å². The van der Waals surface area contributed by atoms with Crippen LogP contribution in [0, 0.1) is 0 Å². The topological polar surface area (TPSA) is 79.3 Å². The van der Waals surface area contributed by atoms with Gasteiger partial charge in [0, 0.05) is 12.8 Å². The van der Waals surface area contributed by atoms with Gasteiger partial charge >= 0.3 is 5.97 Å². The maximum atomic E-state index is 12.1. The van der Waals surface area contributed by atoms with Crippen LogP contribution >= 0.6 is 11.3 Å². The van der Waals surface area contributed by atoms with E-state index >= 15 is 0 Å². The number of aromatic nitrogens is 1. The van der Waals surface area contributed by atoms with Gasteiger partial charge in [0.1, 0.15) is 6.04 Å². The van der Waals surface area contributed by atoms with Crippen LogP contribution in [0.5, 0.6) is 0 Å². The third-order valence-electron chi connectivity index (χ3n) is 4.30. The Balaban J connectivity index is 1.43. The van der Waals surface area contributed by atoms with Gasteiger partial charge in [0.05, 0.1) is 15.2 Å². The maximum absolute atomic E-state index is 12.1. The predicted molar refractivity (Wildman–Crippen MR) is 107 cm³/mol. The summed E-state index contributed by atoms with van der Waals surface area (Å²) in [6.45, 7) is 0. The normalized spacial score (nSPS) is 12.0. The minimum Gasteiger partial charge on any atom is -0.480 e. The number of aliphatic carboxylic acids is 1. The van der Waals surface area contributed by atoms with Crippen molar-refractivity contribution in [3.05, 3.63) is 65.2 Å². The second kappa shape index (κ2) is 9.28. The fourth-order valence-corrected chi connectivity index (χ4v) is 3.91. The molecule has 0 spiro atoms. The molecule has 0 saturated heterocycles. The van der Waals surface area contributed by atoms with E-state index in [1.54, 1.807) is 11.3 Å². The van der Waals surface area contributed by atoms with E-state index in [4.69, 9.17) is 0 Å². The van der Waals surface area contributed by atoms with Crippen molar-refractivity contribution in [1.82, 2.24) is 10.3 Å². The SMILES string of the molecule is O=C(CCCCc1nc2ccccc2s1)N[C@@H](Cc1ccccc1)C(=O)O. The molecule has 0 aliphatic heterocycles. The van der Waals surface area contributed by atoms with E-state index in [1.165, 1.54) is 4.70 Å². The van der Waals surface area contributed by atoms with Crippen molar-refractivity contribution in [3.63, 3.8) is 0 Å². The van der Waals surface area contributed by atoms with E-state index in [9.17, 15) is 14.7 Å². The Hall–Kier alpha value is -2.73. The number of carboxylic acids is 1. The van der Waals surface area contributed by atoms with E-state index in [-0.39, 0.29) is 12.3 Å². The van der Waals surface area contributed by atoms with Crippen LogP contribution in [0.15, 0.2) is 54.6 Å². The van der Waals surface area contributed by atoms with Crippen molar-refractivity contribution in [1.29, 1.82) is 0 Å². The number of rotatable bonds is 9. The zero-order valence-electron chi connectivity index (χ0n) is 14.9. The van der Waals surface area contributed by atoms with Crippen LogP contribution in [0.2, 0.25) is 0 Å². The number of hydrogen-bond acceptors (Lipinski definition) is 4. The minimum absolute atomic E-state index is 0.220. The molecule has 1 atom stereocenters. The summed E-state index contributed by atoms with van der Waals surface area (Å²) in [5.41, 5.74) is 1.90. The van der Waals surface area contributed by atoms with Crippen LogP contribution in [0.25, 0.3) is 10.2 Å². The molecule has 0 radical (unpaired) electrons. The Kier molecular flexibility index (Phi) is 6.54.